The Morgan fingerprint density at radius 1 is 1.48 bits per heavy atom. The first kappa shape index (κ1) is 17.6. The lowest BCUT2D eigenvalue weighted by Crippen LogP contribution is -2.43. The largest absolute Gasteiger partial charge is 0.342 e. The second-order valence-corrected chi connectivity index (χ2v) is 6.39. The molecule has 0 aromatic rings. The maximum atomic E-state index is 12.3. The third-order valence-corrected chi connectivity index (χ3v) is 3.62. The van der Waals surface area contributed by atoms with Crippen LogP contribution in [0.15, 0.2) is 39.6 Å². The van der Waals surface area contributed by atoms with E-state index in [4.69, 9.17) is 23.2 Å². The van der Waals surface area contributed by atoms with Crippen LogP contribution in [0.1, 0.15) is 19.8 Å². The zero-order valence-electron chi connectivity index (χ0n) is 12.8. The molecule has 1 atom stereocenters. The molecule has 8 heteroatoms. The van der Waals surface area contributed by atoms with Crippen molar-refractivity contribution >= 4 is 41.4 Å². The average molecular weight is 357 g/mol. The number of amides is 3. The molecule has 0 saturated carbocycles. The summed E-state index contributed by atoms with van der Waals surface area (Å²) in [5.74, 6) is 0.100. The van der Waals surface area contributed by atoms with Gasteiger partial charge in [-0.05, 0) is 25.5 Å². The number of rotatable bonds is 4. The molecule has 1 fully saturated rings. The third-order valence-electron chi connectivity index (χ3n) is 3.40. The molecule has 1 saturated heterocycles. The van der Waals surface area contributed by atoms with Crippen molar-refractivity contribution in [2.24, 2.45) is 5.10 Å². The molecule has 23 heavy (non-hydrogen) atoms. The first-order valence-corrected chi connectivity index (χ1v) is 7.94. The van der Waals surface area contributed by atoms with Gasteiger partial charge in [-0.1, -0.05) is 29.8 Å². The summed E-state index contributed by atoms with van der Waals surface area (Å²) in [4.78, 5) is 25.8. The van der Waals surface area contributed by atoms with Gasteiger partial charge in [0, 0.05) is 34.9 Å². The number of nitrogens with one attached hydrogen (secondary N) is 1. The highest BCUT2D eigenvalue weighted by atomic mass is 35.5. The number of nitrogens with zero attached hydrogens (tertiary/aromatic N) is 3. The Bertz CT molecular complexity index is 609. The van der Waals surface area contributed by atoms with E-state index >= 15 is 0 Å². The van der Waals surface area contributed by atoms with Gasteiger partial charge in [-0.15, -0.1) is 0 Å². The molecule has 2 rings (SSSR count). The predicted molar refractivity (Wildman–Crippen MR) is 91.2 cm³/mol. The first-order chi connectivity index (χ1) is 10.9. The van der Waals surface area contributed by atoms with E-state index in [1.165, 1.54) is 11.1 Å². The quantitative estimate of drug-likeness (QED) is 0.787. The summed E-state index contributed by atoms with van der Waals surface area (Å²) in [5.41, 5.74) is 0.415. The van der Waals surface area contributed by atoms with E-state index in [-0.39, 0.29) is 17.0 Å². The van der Waals surface area contributed by atoms with Crippen LogP contribution in [-0.2, 0) is 4.79 Å². The fraction of sp³-hybridized carbons (Fsp3) is 0.400. The van der Waals surface area contributed by atoms with Gasteiger partial charge in [-0.3, -0.25) is 4.79 Å². The summed E-state index contributed by atoms with van der Waals surface area (Å²) in [5, 5.41) is 8.77. The Hall–Kier alpha value is -1.79. The molecule has 0 aromatic carbocycles. The van der Waals surface area contributed by atoms with Gasteiger partial charge in [0.1, 0.15) is 0 Å². The molecule has 0 aliphatic carbocycles. The smallest absolute Gasteiger partial charge is 0.333 e. The summed E-state index contributed by atoms with van der Waals surface area (Å²) in [6.07, 6.45) is 6.08. The molecular formula is C15H18Cl2N4O2. The van der Waals surface area contributed by atoms with Crippen molar-refractivity contribution in [2.45, 2.75) is 25.8 Å². The SMILES string of the molecule is C=C(Cl)/C=C(\C=C(/C)Cl)NC(=O)N1CC(N2CCCC2=O)C=N1. The van der Waals surface area contributed by atoms with Crippen molar-refractivity contribution in [3.63, 3.8) is 0 Å². The van der Waals surface area contributed by atoms with Gasteiger partial charge in [0.25, 0.3) is 0 Å². The first-order valence-electron chi connectivity index (χ1n) is 7.19. The van der Waals surface area contributed by atoms with E-state index in [0.29, 0.717) is 30.2 Å². The number of carbonyl (C=O) groups excluding carboxylic acids is 2. The number of hydrogen-bond donors (Lipinski definition) is 1. The number of hydrazone groups is 1. The zero-order valence-corrected chi connectivity index (χ0v) is 14.3. The molecule has 6 nitrogen and oxygen atoms in total. The second kappa shape index (κ2) is 7.66. The lowest BCUT2D eigenvalue weighted by atomic mass is 10.3. The topological polar surface area (TPSA) is 65.0 Å². The standard InChI is InChI=1S/C15H18Cl2N4O2/c1-10(16)6-12(7-11(2)17)19-15(23)21-9-13(8-18-21)20-5-3-4-14(20)22/h6-8,13H,1,3-5,9H2,2H3,(H,19,23)/b11-7+,12-6+. The lowest BCUT2D eigenvalue weighted by molar-refractivity contribution is -0.128. The molecule has 0 bridgehead atoms. The maximum absolute atomic E-state index is 12.3. The summed E-state index contributed by atoms with van der Waals surface area (Å²) in [6, 6.07) is -0.592. The molecular weight excluding hydrogens is 339 g/mol. The number of allylic oxidation sites excluding steroid dienone is 4. The Morgan fingerprint density at radius 2 is 2.22 bits per heavy atom. The van der Waals surface area contributed by atoms with Crippen LogP contribution in [0, 0.1) is 0 Å². The van der Waals surface area contributed by atoms with Crippen molar-refractivity contribution < 1.29 is 9.59 Å². The number of urea groups is 1. The molecule has 1 N–H and O–H groups in total. The molecule has 1 unspecified atom stereocenters. The third kappa shape index (κ3) is 4.84. The Balaban J connectivity index is 1.99. The molecule has 0 radical (unpaired) electrons. The molecule has 2 aliphatic heterocycles. The average Bonchev–Trinajstić information content (AvgIpc) is 3.05. The molecule has 124 valence electrons. The van der Waals surface area contributed by atoms with Gasteiger partial charge in [-0.25, -0.2) is 9.80 Å². The summed E-state index contributed by atoms with van der Waals surface area (Å²) < 4.78 is 0. The van der Waals surface area contributed by atoms with Crippen molar-refractivity contribution in [3.05, 3.63) is 34.5 Å². The van der Waals surface area contributed by atoms with Gasteiger partial charge >= 0.3 is 6.03 Å². The number of likely N-dealkylation sites (tertiary alicyclic amines) is 1. The van der Waals surface area contributed by atoms with E-state index in [0.717, 1.165) is 6.42 Å². The van der Waals surface area contributed by atoms with E-state index < -0.39 is 6.03 Å². The molecule has 0 aromatic heterocycles. The van der Waals surface area contributed by atoms with Crippen LogP contribution in [0.2, 0.25) is 0 Å². The van der Waals surface area contributed by atoms with Crippen LogP contribution >= 0.6 is 23.2 Å². The highest BCUT2D eigenvalue weighted by Gasteiger charge is 2.32. The summed E-state index contributed by atoms with van der Waals surface area (Å²) in [6.45, 7) is 6.27. The second-order valence-electron chi connectivity index (χ2n) is 5.31. The predicted octanol–water partition coefficient (Wildman–Crippen LogP) is 2.77. The minimum absolute atomic E-state index is 0.100. The highest BCUT2D eigenvalue weighted by molar-refractivity contribution is 6.31. The van der Waals surface area contributed by atoms with Crippen LogP contribution in [0.25, 0.3) is 0 Å². The fourth-order valence-corrected chi connectivity index (χ4v) is 2.68. The van der Waals surface area contributed by atoms with Gasteiger partial charge in [0.2, 0.25) is 5.91 Å². The van der Waals surface area contributed by atoms with Crippen LogP contribution in [-0.4, -0.2) is 47.2 Å². The van der Waals surface area contributed by atoms with Gasteiger partial charge in [0.15, 0.2) is 0 Å². The van der Waals surface area contributed by atoms with Crippen LogP contribution in [0.4, 0.5) is 4.79 Å². The molecule has 2 heterocycles. The van der Waals surface area contributed by atoms with Crippen molar-refractivity contribution in [2.75, 3.05) is 13.1 Å². The molecule has 2 aliphatic rings. The number of carbonyl (C=O) groups is 2. The van der Waals surface area contributed by atoms with Gasteiger partial charge < -0.3 is 10.2 Å². The Kier molecular flexibility index (Phi) is 5.85. The molecule has 3 amide bonds. The van der Waals surface area contributed by atoms with Gasteiger partial charge in [0.05, 0.1) is 12.6 Å². The van der Waals surface area contributed by atoms with E-state index in [1.807, 2.05) is 0 Å². The van der Waals surface area contributed by atoms with Crippen molar-refractivity contribution in [1.82, 2.24) is 15.2 Å². The van der Waals surface area contributed by atoms with E-state index in [1.54, 1.807) is 24.1 Å². The molecule has 0 spiro atoms. The number of halogens is 2. The summed E-state index contributed by atoms with van der Waals surface area (Å²) in [7, 11) is 0. The normalized spacial score (nSPS) is 22.0. The van der Waals surface area contributed by atoms with Gasteiger partial charge in [-0.2, -0.15) is 5.10 Å². The van der Waals surface area contributed by atoms with Crippen LogP contribution in [0.5, 0.6) is 0 Å². The minimum atomic E-state index is -0.422. The van der Waals surface area contributed by atoms with E-state index in [2.05, 4.69) is 17.0 Å². The number of hydrogen-bond acceptors (Lipinski definition) is 3. The fourth-order valence-electron chi connectivity index (χ4n) is 2.45. The Labute approximate surface area is 145 Å². The maximum Gasteiger partial charge on any atom is 0.342 e. The monoisotopic (exact) mass is 356 g/mol. The van der Waals surface area contributed by atoms with E-state index in [9.17, 15) is 9.59 Å². The van der Waals surface area contributed by atoms with Crippen molar-refractivity contribution in [1.29, 1.82) is 0 Å². The van der Waals surface area contributed by atoms with Crippen LogP contribution in [0.3, 0.4) is 0 Å². The highest BCUT2D eigenvalue weighted by Crippen LogP contribution is 2.17. The minimum Gasteiger partial charge on any atom is -0.333 e. The van der Waals surface area contributed by atoms with Crippen molar-refractivity contribution in [3.8, 4) is 0 Å². The lowest BCUT2D eigenvalue weighted by Gasteiger charge is -2.22. The summed E-state index contributed by atoms with van der Waals surface area (Å²) >= 11 is 11.6. The zero-order chi connectivity index (χ0) is 17.0. The Morgan fingerprint density at radius 3 is 2.78 bits per heavy atom. The van der Waals surface area contributed by atoms with Crippen LogP contribution < -0.4 is 5.32 Å².